The van der Waals surface area contributed by atoms with Crippen LogP contribution in [0.5, 0.6) is 11.5 Å². The highest BCUT2D eigenvalue weighted by molar-refractivity contribution is 7.80. The molecule has 0 spiro atoms. The van der Waals surface area contributed by atoms with Crippen LogP contribution in [0.15, 0.2) is 48.8 Å². The summed E-state index contributed by atoms with van der Waals surface area (Å²) in [4.78, 5) is 4.22. The highest BCUT2D eigenvalue weighted by Crippen LogP contribution is 2.25. The Labute approximate surface area is 167 Å². The van der Waals surface area contributed by atoms with E-state index in [9.17, 15) is 0 Å². The van der Waals surface area contributed by atoms with Crippen molar-refractivity contribution in [2.24, 2.45) is 0 Å². The lowest BCUT2D eigenvalue weighted by Gasteiger charge is -2.11. The van der Waals surface area contributed by atoms with E-state index in [0.29, 0.717) is 34.1 Å². The van der Waals surface area contributed by atoms with Crippen LogP contribution in [0.1, 0.15) is 5.56 Å². The van der Waals surface area contributed by atoms with Gasteiger partial charge in [0.1, 0.15) is 17.8 Å². The van der Waals surface area contributed by atoms with Crippen molar-refractivity contribution in [2.45, 2.75) is 6.54 Å². The molecule has 7 nitrogen and oxygen atoms in total. The third kappa shape index (κ3) is 5.32. The summed E-state index contributed by atoms with van der Waals surface area (Å²) in [6, 6.07) is 13.0. The number of halogens is 1. The first-order valence-corrected chi connectivity index (χ1v) is 8.79. The topological polar surface area (TPSA) is 73.2 Å². The molecule has 0 saturated heterocycles. The Morgan fingerprint density at radius 1 is 1.07 bits per heavy atom. The van der Waals surface area contributed by atoms with Crippen molar-refractivity contribution >= 4 is 40.6 Å². The van der Waals surface area contributed by atoms with Gasteiger partial charge in [0.15, 0.2) is 5.11 Å². The van der Waals surface area contributed by atoms with Gasteiger partial charge >= 0.3 is 0 Å². The van der Waals surface area contributed by atoms with Crippen molar-refractivity contribution in [1.29, 1.82) is 0 Å². The van der Waals surface area contributed by atoms with E-state index in [4.69, 9.17) is 33.3 Å². The maximum atomic E-state index is 5.90. The third-order valence-corrected chi connectivity index (χ3v) is 4.09. The summed E-state index contributed by atoms with van der Waals surface area (Å²) in [6.07, 6.45) is 1.63. The molecule has 2 aromatic carbocycles. The van der Waals surface area contributed by atoms with Crippen LogP contribution in [0.4, 0.5) is 11.6 Å². The van der Waals surface area contributed by atoms with Crippen molar-refractivity contribution in [1.82, 2.24) is 14.8 Å². The average molecular weight is 404 g/mol. The first kappa shape index (κ1) is 18.9. The molecule has 0 atom stereocenters. The van der Waals surface area contributed by atoms with Gasteiger partial charge in [0.05, 0.1) is 20.8 Å². The molecule has 27 heavy (non-hydrogen) atoms. The molecule has 0 bridgehead atoms. The largest absolute Gasteiger partial charge is 0.497 e. The quantitative estimate of drug-likeness (QED) is 0.606. The van der Waals surface area contributed by atoms with E-state index in [-0.39, 0.29) is 0 Å². The van der Waals surface area contributed by atoms with E-state index >= 15 is 0 Å². The normalized spacial score (nSPS) is 10.3. The van der Waals surface area contributed by atoms with Gasteiger partial charge in [-0.1, -0.05) is 23.7 Å². The first-order chi connectivity index (χ1) is 13.1. The molecule has 0 aliphatic carbocycles. The molecule has 0 fully saturated rings. The second-order valence-electron chi connectivity index (χ2n) is 5.57. The summed E-state index contributed by atoms with van der Waals surface area (Å²) in [7, 11) is 3.18. The van der Waals surface area contributed by atoms with E-state index < -0.39 is 0 Å². The van der Waals surface area contributed by atoms with Gasteiger partial charge in [-0.3, -0.25) is 5.32 Å². The van der Waals surface area contributed by atoms with Crippen LogP contribution in [0, 0.1) is 0 Å². The summed E-state index contributed by atoms with van der Waals surface area (Å²) in [6.45, 7) is 0.582. The number of nitrogens with one attached hydrogen (secondary N) is 2. The van der Waals surface area contributed by atoms with Crippen LogP contribution in [0.3, 0.4) is 0 Å². The van der Waals surface area contributed by atoms with Gasteiger partial charge in [0, 0.05) is 28.9 Å². The van der Waals surface area contributed by atoms with E-state index in [1.54, 1.807) is 31.3 Å². The van der Waals surface area contributed by atoms with Crippen LogP contribution in [0.2, 0.25) is 5.02 Å². The van der Waals surface area contributed by atoms with Gasteiger partial charge in [0.25, 0.3) is 0 Å². The highest BCUT2D eigenvalue weighted by atomic mass is 35.5. The summed E-state index contributed by atoms with van der Waals surface area (Å²) in [5.74, 6) is 1.71. The molecule has 2 N–H and O–H groups in total. The molecule has 1 aromatic heterocycles. The molecule has 3 aromatic rings. The minimum atomic E-state index is 0.356. The molecule has 3 rings (SSSR count). The molecule has 1 heterocycles. The fourth-order valence-corrected chi connectivity index (χ4v) is 2.68. The number of hydrogen-bond donors (Lipinski definition) is 2. The van der Waals surface area contributed by atoms with E-state index in [1.807, 2.05) is 36.4 Å². The SMILES string of the molecule is COc1cc(NC(=S)Nc2ncn(Cc3ccc(Cl)cc3)n2)cc(OC)c1. The Bertz CT molecular complexity index is 908. The standard InChI is InChI=1S/C18H18ClN5O2S/c1-25-15-7-14(8-16(9-15)26-2)21-18(27)22-17-20-11-24(23-17)10-12-3-5-13(19)6-4-12/h3-9,11H,10H2,1-2H3,(H2,21,22,23,27). The van der Waals surface area contributed by atoms with E-state index in [2.05, 4.69) is 20.7 Å². The summed E-state index contributed by atoms with van der Waals surface area (Å²) in [5.41, 5.74) is 1.80. The maximum absolute atomic E-state index is 5.90. The number of rotatable bonds is 6. The summed E-state index contributed by atoms with van der Waals surface area (Å²) < 4.78 is 12.2. The fourth-order valence-electron chi connectivity index (χ4n) is 2.35. The summed E-state index contributed by atoms with van der Waals surface area (Å²) in [5, 5.41) is 11.4. The number of methoxy groups -OCH3 is 2. The Balaban J connectivity index is 1.61. The van der Waals surface area contributed by atoms with Gasteiger partial charge in [-0.15, -0.1) is 5.10 Å². The minimum absolute atomic E-state index is 0.356. The molecule has 9 heteroatoms. The molecule has 0 radical (unpaired) electrons. The molecular weight excluding hydrogens is 386 g/mol. The zero-order chi connectivity index (χ0) is 19.2. The van der Waals surface area contributed by atoms with Crippen molar-refractivity contribution in [3.05, 3.63) is 59.4 Å². The van der Waals surface area contributed by atoms with Crippen LogP contribution in [-0.4, -0.2) is 34.1 Å². The Morgan fingerprint density at radius 2 is 1.74 bits per heavy atom. The Hall–Kier alpha value is -2.84. The lowest BCUT2D eigenvalue weighted by molar-refractivity contribution is 0.395. The van der Waals surface area contributed by atoms with Crippen LogP contribution in [-0.2, 0) is 6.54 Å². The van der Waals surface area contributed by atoms with Crippen LogP contribution >= 0.6 is 23.8 Å². The van der Waals surface area contributed by atoms with Gasteiger partial charge in [-0.05, 0) is 29.9 Å². The molecule has 140 valence electrons. The second-order valence-corrected chi connectivity index (χ2v) is 6.42. The molecule has 0 aliphatic rings. The third-order valence-electron chi connectivity index (χ3n) is 3.63. The minimum Gasteiger partial charge on any atom is -0.497 e. The Kier molecular flexibility index (Phi) is 6.10. The lowest BCUT2D eigenvalue weighted by Crippen LogP contribution is -2.20. The molecule has 0 aliphatic heterocycles. The number of ether oxygens (including phenoxy) is 2. The maximum Gasteiger partial charge on any atom is 0.248 e. The first-order valence-electron chi connectivity index (χ1n) is 8.00. The van der Waals surface area contributed by atoms with Crippen molar-refractivity contribution < 1.29 is 9.47 Å². The lowest BCUT2D eigenvalue weighted by atomic mass is 10.2. The zero-order valence-electron chi connectivity index (χ0n) is 14.8. The highest BCUT2D eigenvalue weighted by Gasteiger charge is 2.07. The number of hydrogen-bond acceptors (Lipinski definition) is 5. The summed E-state index contributed by atoms with van der Waals surface area (Å²) >= 11 is 11.2. The fraction of sp³-hybridized carbons (Fsp3) is 0.167. The van der Waals surface area contributed by atoms with Gasteiger partial charge in [0.2, 0.25) is 5.95 Å². The molecule has 0 amide bonds. The number of aromatic nitrogens is 3. The van der Waals surface area contributed by atoms with E-state index in [0.717, 1.165) is 11.3 Å². The van der Waals surface area contributed by atoms with Crippen molar-refractivity contribution in [3.8, 4) is 11.5 Å². The number of thiocarbonyl (C=S) groups is 1. The van der Waals surface area contributed by atoms with Gasteiger partial charge < -0.3 is 14.8 Å². The van der Waals surface area contributed by atoms with Gasteiger partial charge in [-0.25, -0.2) is 9.67 Å². The predicted octanol–water partition coefficient (Wildman–Crippen LogP) is 3.81. The van der Waals surface area contributed by atoms with Crippen LogP contribution in [0.25, 0.3) is 0 Å². The van der Waals surface area contributed by atoms with Crippen molar-refractivity contribution in [2.75, 3.05) is 24.9 Å². The van der Waals surface area contributed by atoms with Crippen molar-refractivity contribution in [3.63, 3.8) is 0 Å². The number of anilines is 2. The molecular formula is C18H18ClN5O2S. The number of nitrogens with zero attached hydrogens (tertiary/aromatic N) is 3. The second kappa shape index (κ2) is 8.70. The van der Waals surface area contributed by atoms with Crippen LogP contribution < -0.4 is 20.1 Å². The molecule has 0 saturated carbocycles. The smallest absolute Gasteiger partial charge is 0.248 e. The number of benzene rings is 2. The monoisotopic (exact) mass is 403 g/mol. The van der Waals surface area contributed by atoms with E-state index in [1.165, 1.54) is 0 Å². The zero-order valence-corrected chi connectivity index (χ0v) is 16.3. The molecule has 0 unspecified atom stereocenters. The predicted molar refractivity (Wildman–Crippen MR) is 110 cm³/mol. The Morgan fingerprint density at radius 3 is 2.37 bits per heavy atom. The average Bonchev–Trinajstić information content (AvgIpc) is 3.09. The van der Waals surface area contributed by atoms with Gasteiger partial charge in [-0.2, -0.15) is 0 Å².